The normalized spacial score (nSPS) is 14.0. The van der Waals surface area contributed by atoms with Crippen molar-refractivity contribution < 1.29 is 9.59 Å². The smallest absolute Gasteiger partial charge is 0.270 e. The maximum Gasteiger partial charge on any atom is 0.270 e. The van der Waals surface area contributed by atoms with Crippen LogP contribution in [0.3, 0.4) is 0 Å². The van der Waals surface area contributed by atoms with Crippen LogP contribution in [0.5, 0.6) is 0 Å². The first-order valence-electron chi connectivity index (χ1n) is 10.6. The molecule has 0 bridgehead atoms. The van der Waals surface area contributed by atoms with E-state index in [1.165, 1.54) is 9.80 Å². The predicted molar refractivity (Wildman–Crippen MR) is 136 cm³/mol. The minimum atomic E-state index is -0.495. The van der Waals surface area contributed by atoms with Crippen LogP contribution in [0.4, 0.5) is 11.4 Å². The van der Waals surface area contributed by atoms with E-state index >= 15 is 0 Å². The molecule has 1 aliphatic rings. The van der Waals surface area contributed by atoms with Crippen LogP contribution in [0.15, 0.2) is 96.7 Å². The van der Waals surface area contributed by atoms with Crippen LogP contribution in [-0.4, -0.2) is 21.5 Å². The molecular weight excluding hydrogens is 444 g/mol. The Kier molecular flexibility index (Phi) is 5.50. The summed E-state index contributed by atoms with van der Waals surface area (Å²) in [6.07, 6.45) is 3.38. The van der Waals surface area contributed by atoms with Gasteiger partial charge in [0.05, 0.1) is 17.4 Å². The van der Waals surface area contributed by atoms with Crippen molar-refractivity contribution in [3.8, 4) is 6.07 Å². The molecule has 7 heteroatoms. The van der Waals surface area contributed by atoms with Crippen molar-refractivity contribution in [3.63, 3.8) is 0 Å². The van der Waals surface area contributed by atoms with E-state index in [4.69, 9.17) is 12.2 Å². The van der Waals surface area contributed by atoms with Crippen LogP contribution >= 0.6 is 12.2 Å². The van der Waals surface area contributed by atoms with E-state index in [9.17, 15) is 14.9 Å². The number of carbonyl (C=O) groups is 2. The summed E-state index contributed by atoms with van der Waals surface area (Å²) in [6.45, 7) is 0.155. The molecule has 0 spiro atoms. The summed E-state index contributed by atoms with van der Waals surface area (Å²) in [5.41, 5.74) is 2.66. The second-order valence-corrected chi connectivity index (χ2v) is 8.05. The Labute approximate surface area is 201 Å². The van der Waals surface area contributed by atoms with Gasteiger partial charge in [0.2, 0.25) is 0 Å². The first kappa shape index (κ1) is 21.3. The summed E-state index contributed by atoms with van der Waals surface area (Å²) < 4.78 is 1.80. The van der Waals surface area contributed by atoms with Crippen LogP contribution in [0.25, 0.3) is 17.0 Å². The molecule has 0 N–H and O–H groups in total. The molecule has 164 valence electrons. The standard InChI is InChI=1S/C27H18N4O2S/c28-15-16-29-18-19(22-13-7-8-14-24(22)29)17-23-25(32)30(20-9-3-1-4-10-20)27(34)31(26(23)33)21-11-5-2-6-12-21/h1-14,17-18H,16H2. The van der Waals surface area contributed by atoms with E-state index in [-0.39, 0.29) is 17.2 Å². The molecule has 2 heterocycles. The summed E-state index contributed by atoms with van der Waals surface area (Å²) in [5, 5.41) is 10.2. The third-order valence-corrected chi connectivity index (χ3v) is 6.00. The Hall–Kier alpha value is -4.54. The molecule has 4 aromatic rings. The van der Waals surface area contributed by atoms with E-state index in [1.807, 2.05) is 60.7 Å². The fraction of sp³-hybridized carbons (Fsp3) is 0.0370. The van der Waals surface area contributed by atoms with Gasteiger partial charge in [0.15, 0.2) is 5.11 Å². The van der Waals surface area contributed by atoms with Crippen molar-refractivity contribution in [1.82, 2.24) is 4.57 Å². The van der Waals surface area contributed by atoms with Crippen LogP contribution in [0.2, 0.25) is 0 Å². The summed E-state index contributed by atoms with van der Waals surface area (Å²) in [6, 6.07) is 27.8. The van der Waals surface area contributed by atoms with Gasteiger partial charge < -0.3 is 4.57 Å². The lowest BCUT2D eigenvalue weighted by Crippen LogP contribution is -2.56. The highest BCUT2D eigenvalue weighted by Crippen LogP contribution is 2.31. The molecule has 0 radical (unpaired) electrons. The number of hydrogen-bond donors (Lipinski definition) is 0. The maximum atomic E-state index is 13.7. The second-order valence-electron chi connectivity index (χ2n) is 7.68. The van der Waals surface area contributed by atoms with E-state index in [0.717, 1.165) is 10.9 Å². The molecule has 0 saturated carbocycles. The Morgan fingerprint density at radius 2 is 1.32 bits per heavy atom. The minimum absolute atomic E-state index is 0.0128. The lowest BCUT2D eigenvalue weighted by Gasteiger charge is -2.36. The molecule has 0 unspecified atom stereocenters. The molecule has 6 nitrogen and oxygen atoms in total. The van der Waals surface area contributed by atoms with E-state index in [1.54, 1.807) is 41.1 Å². The average molecular weight is 463 g/mol. The monoisotopic (exact) mass is 462 g/mol. The third-order valence-electron chi connectivity index (χ3n) is 5.64. The summed E-state index contributed by atoms with van der Waals surface area (Å²) in [7, 11) is 0. The maximum absolute atomic E-state index is 13.7. The Balaban J connectivity index is 1.70. The number of aromatic nitrogens is 1. The average Bonchev–Trinajstić information content (AvgIpc) is 3.21. The SMILES string of the molecule is N#CCn1cc(C=C2C(=O)N(c3ccccc3)C(=S)N(c3ccccc3)C2=O)c2ccccc21. The van der Waals surface area contributed by atoms with Gasteiger partial charge in [-0.15, -0.1) is 0 Å². The molecule has 0 atom stereocenters. The molecule has 0 aliphatic carbocycles. The van der Waals surface area contributed by atoms with E-state index in [0.29, 0.717) is 16.9 Å². The summed E-state index contributed by atoms with van der Waals surface area (Å²) in [5.74, 6) is -0.990. The number of anilines is 2. The van der Waals surface area contributed by atoms with Gasteiger partial charge in [0.1, 0.15) is 12.1 Å². The Bertz CT molecular complexity index is 1440. The molecule has 1 aromatic heterocycles. The topological polar surface area (TPSA) is 69.3 Å². The van der Waals surface area contributed by atoms with Gasteiger partial charge in [-0.05, 0) is 48.6 Å². The highest BCUT2D eigenvalue weighted by atomic mass is 32.1. The number of benzene rings is 3. The number of nitriles is 1. The van der Waals surface area contributed by atoms with Crippen molar-refractivity contribution in [1.29, 1.82) is 5.26 Å². The number of rotatable bonds is 4. The van der Waals surface area contributed by atoms with E-state index < -0.39 is 11.8 Å². The third kappa shape index (κ3) is 3.56. The number of carbonyl (C=O) groups excluding carboxylic acids is 2. The first-order valence-corrected chi connectivity index (χ1v) is 11.0. The van der Waals surface area contributed by atoms with Crippen LogP contribution < -0.4 is 9.80 Å². The second kappa shape index (κ2) is 8.77. The zero-order chi connectivity index (χ0) is 23.7. The van der Waals surface area contributed by atoms with Crippen molar-refractivity contribution >= 4 is 57.5 Å². The molecule has 1 fully saturated rings. The van der Waals surface area contributed by atoms with Gasteiger partial charge in [0, 0.05) is 22.7 Å². The fourth-order valence-electron chi connectivity index (χ4n) is 4.09. The predicted octanol–water partition coefficient (Wildman–Crippen LogP) is 4.91. The molecule has 3 aromatic carbocycles. The fourth-order valence-corrected chi connectivity index (χ4v) is 4.47. The molecule has 2 amide bonds. The highest BCUT2D eigenvalue weighted by Gasteiger charge is 2.41. The van der Waals surface area contributed by atoms with Gasteiger partial charge in [-0.25, -0.2) is 0 Å². The molecule has 1 saturated heterocycles. The van der Waals surface area contributed by atoms with Crippen LogP contribution in [0, 0.1) is 11.3 Å². The minimum Gasteiger partial charge on any atom is -0.333 e. The lowest BCUT2D eigenvalue weighted by molar-refractivity contribution is -0.120. The number of hydrogen-bond acceptors (Lipinski definition) is 4. The number of amides is 2. The van der Waals surface area contributed by atoms with Crippen LogP contribution in [-0.2, 0) is 16.1 Å². The largest absolute Gasteiger partial charge is 0.333 e. The van der Waals surface area contributed by atoms with Gasteiger partial charge >= 0.3 is 0 Å². The highest BCUT2D eigenvalue weighted by molar-refractivity contribution is 7.81. The summed E-state index contributed by atoms with van der Waals surface area (Å²) in [4.78, 5) is 30.1. The quantitative estimate of drug-likeness (QED) is 0.245. The molecule has 34 heavy (non-hydrogen) atoms. The van der Waals surface area contributed by atoms with Gasteiger partial charge in [-0.3, -0.25) is 19.4 Å². The zero-order valence-corrected chi connectivity index (χ0v) is 18.8. The molecule has 1 aliphatic heterocycles. The lowest BCUT2D eigenvalue weighted by atomic mass is 10.0. The number of nitrogens with zero attached hydrogens (tertiary/aromatic N) is 4. The Morgan fingerprint density at radius 1 is 0.794 bits per heavy atom. The first-order chi connectivity index (χ1) is 16.6. The van der Waals surface area contributed by atoms with Crippen molar-refractivity contribution in [3.05, 3.63) is 102 Å². The number of fused-ring (bicyclic) bond motifs is 1. The van der Waals surface area contributed by atoms with Gasteiger partial charge in [-0.2, -0.15) is 5.26 Å². The van der Waals surface area contributed by atoms with Crippen molar-refractivity contribution in [2.24, 2.45) is 0 Å². The van der Waals surface area contributed by atoms with Crippen molar-refractivity contribution in [2.75, 3.05) is 9.80 Å². The van der Waals surface area contributed by atoms with E-state index in [2.05, 4.69) is 6.07 Å². The molecule has 5 rings (SSSR count). The molecular formula is C27H18N4O2S. The van der Waals surface area contributed by atoms with Gasteiger partial charge in [0.25, 0.3) is 11.8 Å². The van der Waals surface area contributed by atoms with Crippen molar-refractivity contribution in [2.45, 2.75) is 6.54 Å². The van der Waals surface area contributed by atoms with Gasteiger partial charge in [-0.1, -0.05) is 54.6 Å². The zero-order valence-electron chi connectivity index (χ0n) is 18.0. The number of thiocarbonyl (C=S) groups is 1. The number of para-hydroxylation sites is 3. The summed E-state index contributed by atoms with van der Waals surface area (Å²) >= 11 is 5.64. The van der Waals surface area contributed by atoms with Crippen LogP contribution in [0.1, 0.15) is 5.56 Å². The Morgan fingerprint density at radius 3 is 1.88 bits per heavy atom.